The summed E-state index contributed by atoms with van der Waals surface area (Å²) in [4.78, 5) is 27.5. The van der Waals surface area contributed by atoms with E-state index in [0.717, 1.165) is 5.39 Å². The maximum Gasteiger partial charge on any atom is 0.276 e. The van der Waals surface area contributed by atoms with Gasteiger partial charge < -0.3 is 5.11 Å². The Morgan fingerprint density at radius 1 is 1.16 bits per heavy atom. The molecule has 0 bridgehead atoms. The third-order valence-electron chi connectivity index (χ3n) is 2.61. The van der Waals surface area contributed by atoms with Crippen molar-refractivity contribution in [3.05, 3.63) is 42.1 Å². The summed E-state index contributed by atoms with van der Waals surface area (Å²) in [6.45, 7) is 2.62. The van der Waals surface area contributed by atoms with Gasteiger partial charge in [-0.15, -0.1) is 0 Å². The minimum absolute atomic E-state index is 0.135. The normalized spacial score (nSPS) is 11.3. The zero-order valence-electron chi connectivity index (χ0n) is 10.7. The summed E-state index contributed by atoms with van der Waals surface area (Å²) in [6, 6.07) is 10.7. The van der Waals surface area contributed by atoms with E-state index in [-0.39, 0.29) is 5.69 Å². The second-order valence-electron chi connectivity index (χ2n) is 4.73. The Kier molecular flexibility index (Phi) is 3.31. The summed E-state index contributed by atoms with van der Waals surface area (Å²) in [6.07, 6.45) is 0. The van der Waals surface area contributed by atoms with Crippen LogP contribution in [0.3, 0.4) is 0 Å². The molecule has 19 heavy (non-hydrogen) atoms. The molecule has 0 aliphatic carbocycles. The van der Waals surface area contributed by atoms with Crippen molar-refractivity contribution in [1.82, 2.24) is 10.3 Å². The van der Waals surface area contributed by atoms with Crippen LogP contribution in [0.1, 0.15) is 24.3 Å². The van der Waals surface area contributed by atoms with E-state index < -0.39 is 17.4 Å². The fourth-order valence-electron chi connectivity index (χ4n) is 1.51. The molecule has 5 heteroatoms. The van der Waals surface area contributed by atoms with Crippen molar-refractivity contribution in [3.63, 3.8) is 0 Å². The Morgan fingerprint density at radius 3 is 2.53 bits per heavy atom. The average molecular weight is 258 g/mol. The summed E-state index contributed by atoms with van der Waals surface area (Å²) in [5.41, 5.74) is -0.797. The molecule has 0 spiro atoms. The molecule has 2 aromatic rings. The number of aliphatic hydroxyl groups is 1. The number of carbonyl (C=O) groups is 2. The number of rotatable bonds is 2. The molecule has 0 aliphatic heterocycles. The van der Waals surface area contributed by atoms with Crippen LogP contribution in [0.2, 0.25) is 0 Å². The first kappa shape index (κ1) is 13.2. The highest BCUT2D eigenvalue weighted by Gasteiger charge is 2.26. The first-order valence-electron chi connectivity index (χ1n) is 5.82. The molecular formula is C14H14N2O3. The van der Waals surface area contributed by atoms with Gasteiger partial charge in [0.2, 0.25) is 0 Å². The number of para-hydroxylation sites is 1. The number of imide groups is 1. The molecule has 0 saturated carbocycles. The largest absolute Gasteiger partial charge is 0.381 e. The Balaban J connectivity index is 2.25. The molecule has 2 N–H and O–H groups in total. The zero-order valence-corrected chi connectivity index (χ0v) is 10.7. The van der Waals surface area contributed by atoms with Gasteiger partial charge in [-0.25, -0.2) is 4.98 Å². The third-order valence-corrected chi connectivity index (χ3v) is 2.61. The van der Waals surface area contributed by atoms with E-state index in [9.17, 15) is 14.7 Å². The minimum Gasteiger partial charge on any atom is -0.381 e. The predicted molar refractivity (Wildman–Crippen MR) is 70.5 cm³/mol. The fourth-order valence-corrected chi connectivity index (χ4v) is 1.51. The average Bonchev–Trinajstić information content (AvgIpc) is 2.37. The Bertz CT molecular complexity index is 644. The molecule has 1 heterocycles. The van der Waals surface area contributed by atoms with Crippen molar-refractivity contribution in [2.45, 2.75) is 19.4 Å². The van der Waals surface area contributed by atoms with E-state index in [1.54, 1.807) is 12.1 Å². The van der Waals surface area contributed by atoms with E-state index in [2.05, 4.69) is 10.3 Å². The number of aromatic nitrogens is 1. The van der Waals surface area contributed by atoms with Gasteiger partial charge in [0.1, 0.15) is 11.3 Å². The van der Waals surface area contributed by atoms with Crippen LogP contribution in [0.25, 0.3) is 10.9 Å². The van der Waals surface area contributed by atoms with Crippen molar-refractivity contribution in [2.24, 2.45) is 0 Å². The number of benzene rings is 1. The zero-order chi connectivity index (χ0) is 14.0. The number of hydrogen-bond donors (Lipinski definition) is 2. The summed E-state index contributed by atoms with van der Waals surface area (Å²) < 4.78 is 0. The van der Waals surface area contributed by atoms with E-state index in [0.29, 0.717) is 5.52 Å². The topological polar surface area (TPSA) is 79.3 Å². The third kappa shape index (κ3) is 2.95. The van der Waals surface area contributed by atoms with Crippen LogP contribution in [0.5, 0.6) is 0 Å². The van der Waals surface area contributed by atoms with Gasteiger partial charge in [-0.05, 0) is 26.0 Å². The Morgan fingerprint density at radius 2 is 1.84 bits per heavy atom. The lowest BCUT2D eigenvalue weighted by atomic mass is 10.1. The highest BCUT2D eigenvalue weighted by atomic mass is 16.3. The molecule has 0 fully saturated rings. The van der Waals surface area contributed by atoms with Gasteiger partial charge >= 0.3 is 0 Å². The lowest BCUT2D eigenvalue weighted by molar-refractivity contribution is -0.135. The molecule has 0 radical (unpaired) electrons. The number of pyridine rings is 1. The van der Waals surface area contributed by atoms with Gasteiger partial charge in [0.15, 0.2) is 0 Å². The van der Waals surface area contributed by atoms with Gasteiger partial charge in [-0.1, -0.05) is 24.3 Å². The lowest BCUT2D eigenvalue weighted by Crippen LogP contribution is -2.44. The van der Waals surface area contributed by atoms with Crippen molar-refractivity contribution >= 4 is 22.7 Å². The van der Waals surface area contributed by atoms with Crippen molar-refractivity contribution < 1.29 is 14.7 Å². The van der Waals surface area contributed by atoms with Crippen LogP contribution >= 0.6 is 0 Å². The number of fused-ring (bicyclic) bond motifs is 1. The molecule has 2 amide bonds. The van der Waals surface area contributed by atoms with E-state index in [1.165, 1.54) is 19.9 Å². The number of hydrogen-bond acceptors (Lipinski definition) is 4. The maximum absolute atomic E-state index is 11.8. The van der Waals surface area contributed by atoms with Gasteiger partial charge in [0, 0.05) is 5.39 Å². The molecule has 0 unspecified atom stereocenters. The van der Waals surface area contributed by atoms with Crippen molar-refractivity contribution in [2.75, 3.05) is 0 Å². The smallest absolute Gasteiger partial charge is 0.276 e. The van der Waals surface area contributed by atoms with Gasteiger partial charge in [-0.2, -0.15) is 0 Å². The summed E-state index contributed by atoms with van der Waals surface area (Å²) >= 11 is 0. The Labute approximate surface area is 110 Å². The molecule has 0 aliphatic rings. The predicted octanol–water partition coefficient (Wildman–Crippen LogP) is 1.26. The maximum atomic E-state index is 11.8. The first-order chi connectivity index (χ1) is 8.88. The summed E-state index contributed by atoms with van der Waals surface area (Å²) in [5.74, 6) is -1.38. The Hall–Kier alpha value is -2.27. The van der Waals surface area contributed by atoms with Crippen LogP contribution in [0.4, 0.5) is 0 Å². The molecular weight excluding hydrogens is 244 g/mol. The molecule has 98 valence electrons. The van der Waals surface area contributed by atoms with Gasteiger partial charge in [-0.3, -0.25) is 14.9 Å². The monoisotopic (exact) mass is 258 g/mol. The number of carbonyl (C=O) groups excluding carboxylic acids is 2. The number of amides is 2. The molecule has 0 atom stereocenters. The summed E-state index contributed by atoms with van der Waals surface area (Å²) in [5, 5.41) is 12.5. The van der Waals surface area contributed by atoms with Gasteiger partial charge in [0.25, 0.3) is 11.8 Å². The van der Waals surface area contributed by atoms with Crippen molar-refractivity contribution in [3.8, 4) is 0 Å². The minimum atomic E-state index is -1.60. The highest BCUT2D eigenvalue weighted by Crippen LogP contribution is 2.12. The highest BCUT2D eigenvalue weighted by molar-refractivity contribution is 6.06. The van der Waals surface area contributed by atoms with Crippen molar-refractivity contribution in [1.29, 1.82) is 0 Å². The fraction of sp³-hybridized carbons (Fsp3) is 0.214. The second-order valence-corrected chi connectivity index (χ2v) is 4.73. The summed E-state index contributed by atoms with van der Waals surface area (Å²) in [7, 11) is 0. The van der Waals surface area contributed by atoms with E-state index >= 15 is 0 Å². The van der Waals surface area contributed by atoms with Crippen LogP contribution < -0.4 is 5.32 Å². The van der Waals surface area contributed by atoms with Crippen LogP contribution in [-0.2, 0) is 4.79 Å². The standard InChI is InChI=1S/C14H14N2O3/c1-14(2,19)13(18)16-12(17)11-8-7-9-5-3-4-6-10(9)15-11/h3-8,19H,1-2H3,(H,16,17,18). The molecule has 1 aromatic carbocycles. The second kappa shape index (κ2) is 4.78. The molecule has 1 aromatic heterocycles. The van der Waals surface area contributed by atoms with Crippen LogP contribution in [0, 0.1) is 0 Å². The number of nitrogens with zero attached hydrogens (tertiary/aromatic N) is 1. The lowest BCUT2D eigenvalue weighted by Gasteiger charge is -2.15. The van der Waals surface area contributed by atoms with E-state index in [1.807, 2.05) is 18.2 Å². The molecule has 2 rings (SSSR count). The molecule has 5 nitrogen and oxygen atoms in total. The first-order valence-corrected chi connectivity index (χ1v) is 5.82. The van der Waals surface area contributed by atoms with Crippen LogP contribution in [-0.4, -0.2) is 27.5 Å². The van der Waals surface area contributed by atoms with Crippen LogP contribution in [0.15, 0.2) is 36.4 Å². The SMILES string of the molecule is CC(C)(O)C(=O)NC(=O)c1ccc2ccccc2n1. The quantitative estimate of drug-likeness (QED) is 0.850. The van der Waals surface area contributed by atoms with E-state index in [4.69, 9.17) is 0 Å². The number of nitrogens with one attached hydrogen (secondary N) is 1. The van der Waals surface area contributed by atoms with Gasteiger partial charge in [0.05, 0.1) is 5.52 Å². The molecule has 0 saturated heterocycles.